The Bertz CT molecular complexity index is 1050. The molecular weight excluding hydrogens is 484 g/mol. The molecule has 2 aromatic rings. The molecule has 0 bridgehead atoms. The number of nitrogens with zero attached hydrogens (tertiary/aromatic N) is 2. The first kappa shape index (κ1) is 29.3. The molecule has 0 spiro atoms. The van der Waals surface area contributed by atoms with Gasteiger partial charge in [0.15, 0.2) is 0 Å². The number of hydrogen-bond donors (Lipinski definition) is 0. The normalized spacial score (nSPS) is 15.8. The molecule has 0 radical (unpaired) electrons. The number of carbonyl (C=O) groups is 2. The molecule has 3 rings (SSSR count). The minimum absolute atomic E-state index is 0.0733. The van der Waals surface area contributed by atoms with E-state index in [0.29, 0.717) is 49.1 Å². The summed E-state index contributed by atoms with van der Waals surface area (Å²) >= 11 is 0. The maximum atomic E-state index is 14.0. The molecular formula is C30H42N2O6. The third-order valence-corrected chi connectivity index (χ3v) is 6.10. The molecule has 8 nitrogen and oxygen atoms in total. The molecule has 1 fully saturated rings. The lowest BCUT2D eigenvalue weighted by Gasteiger charge is -2.41. The largest absolute Gasteiger partial charge is 0.493 e. The average Bonchev–Trinajstić information content (AvgIpc) is 2.86. The van der Waals surface area contributed by atoms with Gasteiger partial charge in [0.2, 0.25) is 0 Å². The van der Waals surface area contributed by atoms with Crippen molar-refractivity contribution in [2.24, 2.45) is 0 Å². The van der Waals surface area contributed by atoms with E-state index in [1.807, 2.05) is 69.9 Å². The Labute approximate surface area is 226 Å². The lowest BCUT2D eigenvalue weighted by molar-refractivity contribution is 0.00752. The van der Waals surface area contributed by atoms with Gasteiger partial charge in [0.25, 0.3) is 5.91 Å². The number of amides is 2. The van der Waals surface area contributed by atoms with E-state index in [1.54, 1.807) is 30.2 Å². The first-order valence-electron chi connectivity index (χ1n) is 13.4. The zero-order chi connectivity index (χ0) is 27.7. The van der Waals surface area contributed by atoms with Crippen molar-refractivity contribution in [3.05, 3.63) is 54.1 Å². The Balaban J connectivity index is 1.85. The Hall–Kier alpha value is -3.26. The second-order valence-corrected chi connectivity index (χ2v) is 10.8. The van der Waals surface area contributed by atoms with Gasteiger partial charge in [-0.3, -0.25) is 4.79 Å². The molecule has 0 saturated carbocycles. The van der Waals surface area contributed by atoms with Crippen LogP contribution in [-0.4, -0.2) is 72.9 Å². The Kier molecular flexibility index (Phi) is 10.4. The molecule has 8 heteroatoms. The summed E-state index contributed by atoms with van der Waals surface area (Å²) in [4.78, 5) is 30.3. The molecule has 1 aliphatic rings. The van der Waals surface area contributed by atoms with Crippen LogP contribution in [0.2, 0.25) is 0 Å². The number of piperidine rings is 1. The van der Waals surface area contributed by atoms with Gasteiger partial charge < -0.3 is 28.7 Å². The molecule has 1 atom stereocenters. The van der Waals surface area contributed by atoms with Gasteiger partial charge in [-0.25, -0.2) is 4.79 Å². The van der Waals surface area contributed by atoms with Crippen molar-refractivity contribution in [1.29, 1.82) is 0 Å². The summed E-state index contributed by atoms with van der Waals surface area (Å²) in [6, 6.07) is 14.5. The van der Waals surface area contributed by atoms with Gasteiger partial charge in [-0.05, 0) is 71.7 Å². The van der Waals surface area contributed by atoms with E-state index >= 15 is 0 Å². The smallest absolute Gasteiger partial charge is 0.410 e. The zero-order valence-electron chi connectivity index (χ0n) is 23.6. The van der Waals surface area contributed by atoms with E-state index < -0.39 is 5.60 Å². The zero-order valence-corrected chi connectivity index (χ0v) is 23.6. The number of ether oxygens (including phenoxy) is 4. The van der Waals surface area contributed by atoms with Gasteiger partial charge in [-0.15, -0.1) is 0 Å². The van der Waals surface area contributed by atoms with Crippen LogP contribution in [0.4, 0.5) is 4.79 Å². The second-order valence-electron chi connectivity index (χ2n) is 10.8. The highest BCUT2D eigenvalue weighted by Gasteiger charge is 2.34. The van der Waals surface area contributed by atoms with E-state index in [-0.39, 0.29) is 24.1 Å². The lowest BCUT2D eigenvalue weighted by atomic mass is 10.0. The summed E-state index contributed by atoms with van der Waals surface area (Å²) in [5.74, 6) is 1.62. The number of hydrogen-bond acceptors (Lipinski definition) is 6. The van der Waals surface area contributed by atoms with Crippen LogP contribution in [0.3, 0.4) is 0 Å². The van der Waals surface area contributed by atoms with Crippen molar-refractivity contribution in [3.63, 3.8) is 0 Å². The van der Waals surface area contributed by atoms with Gasteiger partial charge in [-0.1, -0.05) is 18.2 Å². The standard InChI is InChI=1S/C30H42N2O6/c1-22(2)32(24-12-10-15-31(21-24)29(34)38-30(3,4)5)28(33)23-18-26(36-17-11-16-35-6)20-27(19-23)37-25-13-8-7-9-14-25/h7-9,13-14,18-20,22,24H,10-12,15-17,21H2,1-6H3/t24-/m1/s1. The summed E-state index contributed by atoms with van der Waals surface area (Å²) < 4.78 is 22.7. The molecule has 1 heterocycles. The molecule has 0 aliphatic carbocycles. The summed E-state index contributed by atoms with van der Waals surface area (Å²) in [5.41, 5.74) is -0.0977. The van der Waals surface area contributed by atoms with Gasteiger partial charge in [0.05, 0.1) is 12.6 Å². The van der Waals surface area contributed by atoms with Crippen LogP contribution in [-0.2, 0) is 9.47 Å². The van der Waals surface area contributed by atoms with Crippen molar-refractivity contribution in [1.82, 2.24) is 9.80 Å². The SMILES string of the molecule is COCCCOc1cc(Oc2ccccc2)cc(C(=O)N(C(C)C)[C@@H]2CCCN(C(=O)OC(C)(C)C)C2)c1. The summed E-state index contributed by atoms with van der Waals surface area (Å²) in [6.45, 7) is 11.7. The Morgan fingerprint density at radius 1 is 1.03 bits per heavy atom. The highest BCUT2D eigenvalue weighted by molar-refractivity contribution is 5.95. The fourth-order valence-electron chi connectivity index (χ4n) is 4.50. The maximum absolute atomic E-state index is 14.0. The highest BCUT2D eigenvalue weighted by atomic mass is 16.6. The van der Waals surface area contributed by atoms with Crippen LogP contribution in [0.5, 0.6) is 17.2 Å². The van der Waals surface area contributed by atoms with Crippen LogP contribution in [0, 0.1) is 0 Å². The lowest BCUT2D eigenvalue weighted by Crippen LogP contribution is -2.54. The van der Waals surface area contributed by atoms with Crippen LogP contribution in [0.15, 0.2) is 48.5 Å². The number of methoxy groups -OCH3 is 1. The van der Waals surface area contributed by atoms with Gasteiger partial charge in [0.1, 0.15) is 22.8 Å². The quantitative estimate of drug-likeness (QED) is 0.346. The molecule has 0 aromatic heterocycles. The Morgan fingerprint density at radius 3 is 2.39 bits per heavy atom. The predicted octanol–water partition coefficient (Wildman–Crippen LogP) is 6.14. The number of rotatable bonds is 10. The summed E-state index contributed by atoms with van der Waals surface area (Å²) in [5, 5.41) is 0. The topological polar surface area (TPSA) is 77.5 Å². The molecule has 38 heavy (non-hydrogen) atoms. The van der Waals surface area contributed by atoms with Crippen LogP contribution < -0.4 is 9.47 Å². The highest BCUT2D eigenvalue weighted by Crippen LogP contribution is 2.30. The second kappa shape index (κ2) is 13.5. The molecule has 2 amide bonds. The number of likely N-dealkylation sites (tertiary alicyclic amines) is 1. The predicted molar refractivity (Wildman–Crippen MR) is 147 cm³/mol. The monoisotopic (exact) mass is 526 g/mol. The van der Waals surface area contributed by atoms with E-state index in [4.69, 9.17) is 18.9 Å². The van der Waals surface area contributed by atoms with Crippen LogP contribution >= 0.6 is 0 Å². The van der Waals surface area contributed by atoms with Gasteiger partial charge in [0, 0.05) is 50.9 Å². The molecule has 0 unspecified atom stereocenters. The van der Waals surface area contributed by atoms with Gasteiger partial charge in [-0.2, -0.15) is 0 Å². The first-order valence-corrected chi connectivity index (χ1v) is 13.4. The van der Waals surface area contributed by atoms with Crippen LogP contribution in [0.25, 0.3) is 0 Å². The van der Waals surface area contributed by atoms with Crippen molar-refractivity contribution in [2.45, 2.75) is 71.6 Å². The average molecular weight is 527 g/mol. The summed E-state index contributed by atoms with van der Waals surface area (Å²) in [7, 11) is 1.65. The Morgan fingerprint density at radius 2 is 1.74 bits per heavy atom. The van der Waals surface area contributed by atoms with Crippen molar-refractivity contribution >= 4 is 12.0 Å². The van der Waals surface area contributed by atoms with E-state index in [2.05, 4.69) is 0 Å². The molecule has 1 aliphatic heterocycles. The fraction of sp³-hybridized carbons (Fsp3) is 0.533. The minimum atomic E-state index is -0.573. The first-order chi connectivity index (χ1) is 18.1. The van der Waals surface area contributed by atoms with Crippen LogP contribution in [0.1, 0.15) is 64.2 Å². The van der Waals surface area contributed by atoms with Gasteiger partial charge >= 0.3 is 6.09 Å². The number of para-hydroxylation sites is 1. The van der Waals surface area contributed by atoms with E-state index in [9.17, 15) is 9.59 Å². The molecule has 1 saturated heterocycles. The third kappa shape index (κ3) is 8.65. The van der Waals surface area contributed by atoms with Crippen molar-refractivity contribution < 1.29 is 28.5 Å². The number of carbonyl (C=O) groups excluding carboxylic acids is 2. The van der Waals surface area contributed by atoms with E-state index in [1.165, 1.54) is 0 Å². The molecule has 0 N–H and O–H groups in total. The summed E-state index contributed by atoms with van der Waals surface area (Å²) in [6.07, 6.45) is 1.99. The van der Waals surface area contributed by atoms with E-state index in [0.717, 1.165) is 19.3 Å². The number of benzene rings is 2. The maximum Gasteiger partial charge on any atom is 0.410 e. The molecule has 2 aromatic carbocycles. The minimum Gasteiger partial charge on any atom is -0.493 e. The van der Waals surface area contributed by atoms with Crippen molar-refractivity contribution in [3.8, 4) is 17.2 Å². The third-order valence-electron chi connectivity index (χ3n) is 6.10. The molecule has 208 valence electrons. The fourth-order valence-corrected chi connectivity index (χ4v) is 4.50. The van der Waals surface area contributed by atoms with Crippen molar-refractivity contribution in [2.75, 3.05) is 33.4 Å².